The minimum atomic E-state index is 0.228. The molecular weight excluding hydrogens is 370 g/mol. The van der Waals surface area contributed by atoms with Gasteiger partial charge in [-0.1, -0.05) is 42.1 Å². The third-order valence-electron chi connectivity index (χ3n) is 6.09. The molecule has 0 saturated carbocycles. The van der Waals surface area contributed by atoms with Crippen LogP contribution in [0.3, 0.4) is 0 Å². The first-order chi connectivity index (χ1) is 13.6. The molecular formula is C21H29N5OS. The highest BCUT2D eigenvalue weighted by Crippen LogP contribution is 2.39. The van der Waals surface area contributed by atoms with Crippen LogP contribution in [0.4, 0.5) is 0 Å². The van der Waals surface area contributed by atoms with E-state index in [0.29, 0.717) is 11.2 Å². The number of thioether (sulfide) groups is 1. The predicted octanol–water partition coefficient (Wildman–Crippen LogP) is 2.46. The topological polar surface area (TPSA) is 54.3 Å². The Morgan fingerprint density at radius 2 is 2.04 bits per heavy atom. The Balaban J connectivity index is 1.28. The Labute approximate surface area is 171 Å². The van der Waals surface area contributed by atoms with E-state index in [1.807, 2.05) is 11.6 Å². The first-order valence-electron chi connectivity index (χ1n) is 10.1. The molecule has 2 aromatic rings. The van der Waals surface area contributed by atoms with Gasteiger partial charge in [0.25, 0.3) is 0 Å². The number of amides is 1. The van der Waals surface area contributed by atoms with Gasteiger partial charge in [0.1, 0.15) is 6.33 Å². The quantitative estimate of drug-likeness (QED) is 0.699. The van der Waals surface area contributed by atoms with Gasteiger partial charge in [-0.3, -0.25) is 4.79 Å². The van der Waals surface area contributed by atoms with Crippen molar-refractivity contribution in [2.45, 2.75) is 30.8 Å². The molecule has 6 nitrogen and oxygen atoms in total. The van der Waals surface area contributed by atoms with Crippen molar-refractivity contribution in [3.05, 3.63) is 42.2 Å². The molecule has 0 bridgehead atoms. The maximum absolute atomic E-state index is 12.7. The lowest BCUT2D eigenvalue weighted by Gasteiger charge is -2.40. The van der Waals surface area contributed by atoms with E-state index >= 15 is 0 Å². The van der Waals surface area contributed by atoms with E-state index in [1.165, 1.54) is 36.7 Å². The SMILES string of the molecule is Cn1cnnc1SCC(=O)N1CCC2(CCCN(CCc3ccccc3)C2)C1. The summed E-state index contributed by atoms with van der Waals surface area (Å²) in [5.41, 5.74) is 1.70. The number of hydrogen-bond donors (Lipinski definition) is 0. The summed E-state index contributed by atoms with van der Waals surface area (Å²) in [5, 5.41) is 8.72. The van der Waals surface area contributed by atoms with Gasteiger partial charge in [-0.15, -0.1) is 10.2 Å². The van der Waals surface area contributed by atoms with Crippen molar-refractivity contribution in [2.75, 3.05) is 38.5 Å². The smallest absolute Gasteiger partial charge is 0.233 e. The van der Waals surface area contributed by atoms with Crippen LogP contribution in [-0.2, 0) is 18.3 Å². The van der Waals surface area contributed by atoms with E-state index in [0.717, 1.165) is 44.2 Å². The molecule has 2 saturated heterocycles. The molecule has 1 atom stereocenters. The van der Waals surface area contributed by atoms with Crippen LogP contribution in [0.15, 0.2) is 41.8 Å². The van der Waals surface area contributed by atoms with Crippen molar-refractivity contribution in [3.8, 4) is 0 Å². The number of aryl methyl sites for hydroxylation is 1. The second kappa shape index (κ2) is 8.66. The second-order valence-electron chi connectivity index (χ2n) is 8.19. The average molecular weight is 400 g/mol. The zero-order valence-electron chi connectivity index (χ0n) is 16.6. The zero-order chi connectivity index (χ0) is 19.4. The summed E-state index contributed by atoms with van der Waals surface area (Å²) >= 11 is 1.48. The van der Waals surface area contributed by atoms with E-state index in [1.54, 1.807) is 6.33 Å². The molecule has 7 heteroatoms. The number of hydrogen-bond acceptors (Lipinski definition) is 5. The fraction of sp³-hybridized carbons (Fsp3) is 0.571. The lowest BCUT2D eigenvalue weighted by atomic mass is 9.79. The maximum atomic E-state index is 12.7. The number of carbonyl (C=O) groups is 1. The Hall–Kier alpha value is -1.86. The number of benzene rings is 1. The fourth-order valence-corrected chi connectivity index (χ4v) is 5.33. The van der Waals surface area contributed by atoms with Gasteiger partial charge in [-0.05, 0) is 37.8 Å². The van der Waals surface area contributed by atoms with Gasteiger partial charge in [-0.2, -0.15) is 0 Å². The molecule has 3 heterocycles. The van der Waals surface area contributed by atoms with Crippen LogP contribution in [0.2, 0.25) is 0 Å². The highest BCUT2D eigenvalue weighted by Gasteiger charge is 2.42. The average Bonchev–Trinajstić information content (AvgIpc) is 3.32. The van der Waals surface area contributed by atoms with Gasteiger partial charge in [0.15, 0.2) is 5.16 Å². The van der Waals surface area contributed by atoms with Crippen molar-refractivity contribution in [2.24, 2.45) is 12.5 Å². The van der Waals surface area contributed by atoms with Gasteiger partial charge in [0.05, 0.1) is 5.75 Å². The largest absolute Gasteiger partial charge is 0.341 e. The van der Waals surface area contributed by atoms with Crippen molar-refractivity contribution in [3.63, 3.8) is 0 Å². The molecule has 0 N–H and O–H groups in total. The van der Waals surface area contributed by atoms with Crippen LogP contribution in [0, 0.1) is 5.41 Å². The van der Waals surface area contributed by atoms with Crippen molar-refractivity contribution in [1.82, 2.24) is 24.6 Å². The van der Waals surface area contributed by atoms with Crippen LogP contribution in [-0.4, -0.2) is 68.9 Å². The molecule has 1 spiro atoms. The number of piperidine rings is 1. The third kappa shape index (κ3) is 4.58. The molecule has 1 aromatic heterocycles. The predicted molar refractivity (Wildman–Crippen MR) is 111 cm³/mol. The van der Waals surface area contributed by atoms with Gasteiger partial charge in [0.2, 0.25) is 5.91 Å². The van der Waals surface area contributed by atoms with Crippen LogP contribution in [0.5, 0.6) is 0 Å². The zero-order valence-corrected chi connectivity index (χ0v) is 17.4. The molecule has 1 aromatic carbocycles. The van der Waals surface area contributed by atoms with E-state index in [9.17, 15) is 4.79 Å². The van der Waals surface area contributed by atoms with Crippen molar-refractivity contribution in [1.29, 1.82) is 0 Å². The van der Waals surface area contributed by atoms with E-state index < -0.39 is 0 Å². The molecule has 150 valence electrons. The minimum Gasteiger partial charge on any atom is -0.341 e. The van der Waals surface area contributed by atoms with Gasteiger partial charge < -0.3 is 14.4 Å². The van der Waals surface area contributed by atoms with Gasteiger partial charge >= 0.3 is 0 Å². The molecule has 4 rings (SSSR count). The molecule has 28 heavy (non-hydrogen) atoms. The third-order valence-corrected chi connectivity index (χ3v) is 7.10. The number of rotatable bonds is 6. The summed E-state index contributed by atoms with van der Waals surface area (Å²) < 4.78 is 1.86. The molecule has 2 aliphatic heterocycles. The highest BCUT2D eigenvalue weighted by molar-refractivity contribution is 7.99. The Morgan fingerprint density at radius 3 is 2.82 bits per heavy atom. The number of carbonyl (C=O) groups excluding carboxylic acids is 1. The molecule has 2 fully saturated rings. The Morgan fingerprint density at radius 1 is 1.18 bits per heavy atom. The molecule has 0 aliphatic carbocycles. The first-order valence-corrected chi connectivity index (χ1v) is 11.1. The van der Waals surface area contributed by atoms with Gasteiger partial charge in [0, 0.05) is 38.6 Å². The minimum absolute atomic E-state index is 0.228. The van der Waals surface area contributed by atoms with Crippen molar-refractivity contribution < 1.29 is 4.79 Å². The summed E-state index contributed by atoms with van der Waals surface area (Å²) in [4.78, 5) is 17.4. The van der Waals surface area contributed by atoms with E-state index in [-0.39, 0.29) is 5.91 Å². The fourth-order valence-electron chi connectivity index (χ4n) is 4.53. The number of likely N-dealkylation sites (tertiary alicyclic amines) is 2. The second-order valence-corrected chi connectivity index (χ2v) is 9.14. The van der Waals surface area contributed by atoms with Crippen LogP contribution in [0.25, 0.3) is 0 Å². The monoisotopic (exact) mass is 399 g/mol. The van der Waals surface area contributed by atoms with Crippen LogP contribution >= 0.6 is 11.8 Å². The summed E-state index contributed by atoms with van der Waals surface area (Å²) in [7, 11) is 1.91. The number of aromatic nitrogens is 3. The summed E-state index contributed by atoms with van der Waals surface area (Å²) in [5.74, 6) is 0.673. The van der Waals surface area contributed by atoms with Crippen molar-refractivity contribution >= 4 is 17.7 Å². The Bertz CT molecular complexity index is 795. The lowest BCUT2D eigenvalue weighted by molar-refractivity contribution is -0.127. The first kappa shape index (κ1) is 19.5. The Kier molecular flexibility index (Phi) is 6.01. The standard InChI is InChI=1S/C21H29N5OS/c1-24-17-22-23-20(24)28-14-19(27)26-13-10-21(16-26)9-5-11-25(15-21)12-8-18-6-3-2-4-7-18/h2-4,6-7,17H,5,8-16H2,1H3. The highest BCUT2D eigenvalue weighted by atomic mass is 32.2. The lowest BCUT2D eigenvalue weighted by Crippen LogP contribution is -2.46. The summed E-state index contributed by atoms with van der Waals surface area (Å²) in [6, 6.07) is 10.7. The maximum Gasteiger partial charge on any atom is 0.233 e. The number of nitrogens with zero attached hydrogens (tertiary/aromatic N) is 5. The van der Waals surface area contributed by atoms with Gasteiger partial charge in [-0.25, -0.2) is 0 Å². The van der Waals surface area contributed by atoms with E-state index in [2.05, 4.69) is 50.3 Å². The summed E-state index contributed by atoms with van der Waals surface area (Å²) in [6.07, 6.45) is 6.40. The molecule has 1 amide bonds. The van der Waals surface area contributed by atoms with Crippen LogP contribution < -0.4 is 0 Å². The van der Waals surface area contributed by atoms with Crippen LogP contribution in [0.1, 0.15) is 24.8 Å². The normalized spacial score (nSPS) is 22.8. The summed E-state index contributed by atoms with van der Waals surface area (Å²) in [6.45, 7) is 5.23. The molecule has 1 unspecified atom stereocenters. The molecule has 0 radical (unpaired) electrons. The molecule has 2 aliphatic rings. The van der Waals surface area contributed by atoms with E-state index in [4.69, 9.17) is 0 Å².